The van der Waals surface area contributed by atoms with Gasteiger partial charge in [0.25, 0.3) is 0 Å². The lowest BCUT2D eigenvalue weighted by molar-refractivity contribution is -0.118. The van der Waals surface area contributed by atoms with Gasteiger partial charge in [-0.2, -0.15) is 0 Å². The smallest absolute Gasteiger partial charge is 0.230 e. The summed E-state index contributed by atoms with van der Waals surface area (Å²) in [6, 6.07) is 26.8. The summed E-state index contributed by atoms with van der Waals surface area (Å²) in [7, 11) is 0. The minimum Gasteiger partial charge on any atom is -0.355 e. The van der Waals surface area contributed by atoms with Gasteiger partial charge < -0.3 is 5.32 Å². The van der Waals surface area contributed by atoms with Gasteiger partial charge in [-0.05, 0) is 35.2 Å². The largest absolute Gasteiger partial charge is 0.355 e. The average molecular weight is 380 g/mol. The number of amides is 1. The van der Waals surface area contributed by atoms with Crippen LogP contribution in [0.15, 0.2) is 84.9 Å². The van der Waals surface area contributed by atoms with Gasteiger partial charge in [0.1, 0.15) is 5.82 Å². The molecule has 0 atom stereocenters. The standard InChI is InChI=1S/C23H22FNOS/c24-21-13-11-18(12-14-21)15-16-25-22(26)17-27-23(19-7-3-1-4-8-19)20-9-5-2-6-10-20/h1-14,23H,15-17H2,(H,25,26). The van der Waals surface area contributed by atoms with Gasteiger partial charge in [-0.15, -0.1) is 11.8 Å². The summed E-state index contributed by atoms with van der Waals surface area (Å²) in [5.41, 5.74) is 3.39. The number of hydrogen-bond donors (Lipinski definition) is 1. The highest BCUT2D eigenvalue weighted by Gasteiger charge is 2.16. The monoisotopic (exact) mass is 379 g/mol. The first-order chi connectivity index (χ1) is 13.2. The maximum Gasteiger partial charge on any atom is 0.230 e. The number of carbonyl (C=O) groups is 1. The molecule has 2 nitrogen and oxygen atoms in total. The van der Waals surface area contributed by atoms with Crippen LogP contribution in [0.3, 0.4) is 0 Å². The molecule has 1 amide bonds. The first kappa shape index (κ1) is 19.2. The van der Waals surface area contributed by atoms with Crippen LogP contribution in [0.5, 0.6) is 0 Å². The second-order valence-electron chi connectivity index (χ2n) is 6.24. The Bertz CT molecular complexity index is 798. The lowest BCUT2D eigenvalue weighted by atomic mass is 10.0. The fourth-order valence-corrected chi connectivity index (χ4v) is 3.97. The van der Waals surface area contributed by atoms with Crippen LogP contribution in [0.25, 0.3) is 0 Å². The van der Waals surface area contributed by atoms with Crippen molar-refractivity contribution in [2.75, 3.05) is 12.3 Å². The zero-order valence-corrected chi connectivity index (χ0v) is 15.8. The van der Waals surface area contributed by atoms with E-state index in [1.165, 1.54) is 23.3 Å². The zero-order valence-electron chi connectivity index (χ0n) is 15.0. The highest BCUT2D eigenvalue weighted by Crippen LogP contribution is 2.35. The molecule has 0 bridgehead atoms. The van der Waals surface area contributed by atoms with Crippen LogP contribution in [-0.2, 0) is 11.2 Å². The number of nitrogens with one attached hydrogen (secondary N) is 1. The first-order valence-electron chi connectivity index (χ1n) is 8.95. The minimum atomic E-state index is -0.243. The van der Waals surface area contributed by atoms with E-state index in [1.54, 1.807) is 23.9 Å². The normalized spacial score (nSPS) is 10.7. The summed E-state index contributed by atoms with van der Waals surface area (Å²) in [5.74, 6) is 0.156. The second kappa shape index (κ2) is 9.93. The van der Waals surface area contributed by atoms with Crippen LogP contribution >= 0.6 is 11.8 Å². The Labute approximate surface area is 163 Å². The van der Waals surface area contributed by atoms with E-state index in [9.17, 15) is 9.18 Å². The molecule has 0 aliphatic heterocycles. The highest BCUT2D eigenvalue weighted by atomic mass is 32.2. The van der Waals surface area contributed by atoms with Crippen LogP contribution in [0.2, 0.25) is 0 Å². The van der Waals surface area contributed by atoms with E-state index in [0.717, 1.165) is 5.56 Å². The Kier molecular flexibility index (Phi) is 7.05. The summed E-state index contributed by atoms with van der Waals surface area (Å²) >= 11 is 1.62. The molecule has 1 N–H and O–H groups in total. The van der Waals surface area contributed by atoms with Crippen molar-refractivity contribution < 1.29 is 9.18 Å². The van der Waals surface area contributed by atoms with Crippen LogP contribution in [0.1, 0.15) is 21.9 Å². The summed E-state index contributed by atoms with van der Waals surface area (Å²) in [4.78, 5) is 12.3. The van der Waals surface area contributed by atoms with Crippen molar-refractivity contribution in [1.29, 1.82) is 0 Å². The number of hydrogen-bond acceptors (Lipinski definition) is 2. The van der Waals surface area contributed by atoms with E-state index in [1.807, 2.05) is 36.4 Å². The fraction of sp³-hybridized carbons (Fsp3) is 0.174. The summed E-state index contributed by atoms with van der Waals surface area (Å²) in [5, 5.41) is 3.07. The van der Waals surface area contributed by atoms with Crippen LogP contribution in [0.4, 0.5) is 4.39 Å². The summed E-state index contributed by atoms with van der Waals surface area (Å²) in [6.07, 6.45) is 0.692. The van der Waals surface area contributed by atoms with E-state index in [4.69, 9.17) is 0 Å². The molecule has 0 unspecified atom stereocenters. The Morgan fingerprint density at radius 3 is 1.96 bits per heavy atom. The number of carbonyl (C=O) groups excluding carboxylic acids is 1. The summed E-state index contributed by atoms with van der Waals surface area (Å²) < 4.78 is 12.9. The first-order valence-corrected chi connectivity index (χ1v) is 10.00. The van der Waals surface area contributed by atoms with Crippen molar-refractivity contribution in [2.24, 2.45) is 0 Å². The van der Waals surface area contributed by atoms with Crippen molar-refractivity contribution >= 4 is 17.7 Å². The van der Waals surface area contributed by atoms with Gasteiger partial charge in [0.15, 0.2) is 0 Å². The Hall–Kier alpha value is -2.59. The third kappa shape index (κ3) is 5.97. The van der Waals surface area contributed by atoms with Gasteiger partial charge in [-0.1, -0.05) is 72.8 Å². The van der Waals surface area contributed by atoms with Gasteiger partial charge in [0.2, 0.25) is 5.91 Å². The lowest BCUT2D eigenvalue weighted by Crippen LogP contribution is -2.27. The molecule has 0 saturated carbocycles. The highest BCUT2D eigenvalue weighted by molar-refractivity contribution is 8.00. The minimum absolute atomic E-state index is 0.0129. The number of halogens is 1. The Morgan fingerprint density at radius 2 is 1.41 bits per heavy atom. The SMILES string of the molecule is O=C(CSC(c1ccccc1)c1ccccc1)NCCc1ccc(F)cc1. The van der Waals surface area contributed by atoms with E-state index < -0.39 is 0 Å². The molecule has 138 valence electrons. The third-order valence-electron chi connectivity index (χ3n) is 4.23. The maximum absolute atomic E-state index is 12.9. The molecule has 3 aromatic rings. The molecule has 0 aliphatic rings. The van der Waals surface area contributed by atoms with Crippen LogP contribution < -0.4 is 5.32 Å². The van der Waals surface area contributed by atoms with Crippen LogP contribution in [0, 0.1) is 5.82 Å². The number of thioether (sulfide) groups is 1. The van der Waals surface area contributed by atoms with Crippen molar-refractivity contribution in [1.82, 2.24) is 5.32 Å². The van der Waals surface area contributed by atoms with Gasteiger partial charge in [-0.25, -0.2) is 4.39 Å². The molecule has 0 spiro atoms. The van der Waals surface area contributed by atoms with E-state index in [2.05, 4.69) is 29.6 Å². The third-order valence-corrected chi connectivity index (χ3v) is 5.54. The molecule has 4 heteroatoms. The predicted molar refractivity (Wildman–Crippen MR) is 110 cm³/mol. The molecule has 3 rings (SSSR count). The van der Waals surface area contributed by atoms with Crippen molar-refractivity contribution in [3.63, 3.8) is 0 Å². The molecule has 0 radical (unpaired) electrons. The quantitative estimate of drug-likeness (QED) is 0.596. The van der Waals surface area contributed by atoms with Gasteiger partial charge in [0.05, 0.1) is 11.0 Å². The van der Waals surface area contributed by atoms with E-state index in [0.29, 0.717) is 18.7 Å². The lowest BCUT2D eigenvalue weighted by Gasteiger charge is -2.17. The van der Waals surface area contributed by atoms with Crippen molar-refractivity contribution in [3.8, 4) is 0 Å². The molecule has 0 fully saturated rings. The molecule has 0 saturated heterocycles. The molecular formula is C23H22FNOS. The molecule has 0 heterocycles. The Balaban J connectivity index is 1.54. The Morgan fingerprint density at radius 1 is 0.852 bits per heavy atom. The maximum atomic E-state index is 12.9. The number of benzene rings is 3. The van der Waals surface area contributed by atoms with Crippen molar-refractivity contribution in [3.05, 3.63) is 107 Å². The fourth-order valence-electron chi connectivity index (χ4n) is 2.85. The average Bonchev–Trinajstić information content (AvgIpc) is 2.71. The molecule has 0 aromatic heterocycles. The van der Waals surface area contributed by atoms with Gasteiger partial charge in [0, 0.05) is 6.54 Å². The summed E-state index contributed by atoms with van der Waals surface area (Å²) in [6.45, 7) is 0.548. The van der Waals surface area contributed by atoms with E-state index >= 15 is 0 Å². The van der Waals surface area contributed by atoms with Crippen molar-refractivity contribution in [2.45, 2.75) is 11.7 Å². The van der Waals surface area contributed by atoms with E-state index in [-0.39, 0.29) is 17.0 Å². The number of rotatable bonds is 8. The van der Waals surface area contributed by atoms with Gasteiger partial charge in [-0.3, -0.25) is 4.79 Å². The van der Waals surface area contributed by atoms with Gasteiger partial charge >= 0.3 is 0 Å². The topological polar surface area (TPSA) is 29.1 Å². The molecular weight excluding hydrogens is 357 g/mol. The zero-order chi connectivity index (χ0) is 18.9. The molecule has 3 aromatic carbocycles. The predicted octanol–water partition coefficient (Wildman–Crippen LogP) is 5.01. The molecule has 0 aliphatic carbocycles. The van der Waals surface area contributed by atoms with Crippen LogP contribution in [-0.4, -0.2) is 18.2 Å². The molecule has 27 heavy (non-hydrogen) atoms. The second-order valence-corrected chi connectivity index (χ2v) is 7.33.